The van der Waals surface area contributed by atoms with Gasteiger partial charge < -0.3 is 14.6 Å². The van der Waals surface area contributed by atoms with Gasteiger partial charge in [0.1, 0.15) is 6.61 Å². The average Bonchev–Trinajstić information content (AvgIpc) is 2.28. The first-order valence-electron chi connectivity index (χ1n) is 4.37. The Morgan fingerprint density at radius 3 is 2.19 bits per heavy atom. The fraction of sp³-hybridized carbons (Fsp3) is 0.400. The highest BCUT2D eigenvalue weighted by atomic mass is 79.9. The summed E-state index contributed by atoms with van der Waals surface area (Å²) in [4.78, 5) is 0. The Kier molecular flexibility index (Phi) is 4.09. The van der Waals surface area contributed by atoms with Crippen LogP contribution in [0, 0.1) is 0 Å². The van der Waals surface area contributed by atoms with Crippen LogP contribution < -0.4 is 9.47 Å². The van der Waals surface area contributed by atoms with Crippen molar-refractivity contribution in [1.29, 1.82) is 0 Å². The molecule has 0 aliphatic carbocycles. The van der Waals surface area contributed by atoms with Crippen molar-refractivity contribution < 1.29 is 23.4 Å². The third-order valence-electron chi connectivity index (χ3n) is 2.07. The van der Waals surface area contributed by atoms with E-state index in [1.54, 1.807) is 0 Å². The molecule has 0 saturated heterocycles. The van der Waals surface area contributed by atoms with E-state index in [1.807, 2.05) is 0 Å². The van der Waals surface area contributed by atoms with Gasteiger partial charge in [0.05, 0.1) is 14.2 Å². The van der Waals surface area contributed by atoms with Crippen LogP contribution in [0.1, 0.15) is 5.56 Å². The van der Waals surface area contributed by atoms with Crippen molar-refractivity contribution in [3.63, 3.8) is 0 Å². The first-order chi connectivity index (χ1) is 7.46. The number of benzene rings is 1. The topological polar surface area (TPSA) is 38.7 Å². The van der Waals surface area contributed by atoms with E-state index in [4.69, 9.17) is 14.6 Å². The summed E-state index contributed by atoms with van der Waals surface area (Å²) in [5.74, 6) is -2.79. The highest BCUT2D eigenvalue weighted by molar-refractivity contribution is 9.10. The molecule has 1 aromatic rings. The Morgan fingerprint density at radius 1 is 1.25 bits per heavy atom. The van der Waals surface area contributed by atoms with Gasteiger partial charge in [0, 0.05) is 10.0 Å². The minimum atomic E-state index is -3.32. The van der Waals surface area contributed by atoms with Crippen molar-refractivity contribution in [3.8, 4) is 11.5 Å². The van der Waals surface area contributed by atoms with Gasteiger partial charge in [0.2, 0.25) is 0 Å². The molecule has 1 aromatic carbocycles. The summed E-state index contributed by atoms with van der Waals surface area (Å²) in [6, 6.07) is 2.51. The van der Waals surface area contributed by atoms with Crippen molar-refractivity contribution in [2.45, 2.75) is 5.92 Å². The zero-order chi connectivity index (χ0) is 12.3. The van der Waals surface area contributed by atoms with Gasteiger partial charge in [-0.3, -0.25) is 0 Å². The minimum absolute atomic E-state index is 0.157. The van der Waals surface area contributed by atoms with Crippen LogP contribution >= 0.6 is 15.9 Å². The number of aliphatic hydroxyl groups excluding tert-OH is 1. The van der Waals surface area contributed by atoms with Crippen LogP contribution in [-0.4, -0.2) is 25.9 Å². The summed E-state index contributed by atoms with van der Waals surface area (Å²) in [7, 11) is 2.76. The molecule has 1 N–H and O–H groups in total. The summed E-state index contributed by atoms with van der Waals surface area (Å²) in [5.41, 5.74) is -0.340. The fourth-order valence-corrected chi connectivity index (χ4v) is 1.83. The molecule has 0 radical (unpaired) electrons. The second kappa shape index (κ2) is 4.97. The Hall–Kier alpha value is -0.880. The number of hydrogen-bond acceptors (Lipinski definition) is 3. The van der Waals surface area contributed by atoms with Crippen LogP contribution in [0.25, 0.3) is 0 Å². The van der Waals surface area contributed by atoms with Crippen LogP contribution in [-0.2, 0) is 5.92 Å². The highest BCUT2D eigenvalue weighted by Crippen LogP contribution is 2.40. The number of ether oxygens (including phenoxy) is 2. The normalized spacial score (nSPS) is 11.4. The summed E-state index contributed by atoms with van der Waals surface area (Å²) >= 11 is 3.00. The lowest BCUT2D eigenvalue weighted by Crippen LogP contribution is -2.19. The summed E-state index contributed by atoms with van der Waals surface area (Å²) in [5, 5.41) is 8.62. The second-order valence-electron chi connectivity index (χ2n) is 3.05. The fourth-order valence-electron chi connectivity index (χ4n) is 1.22. The first-order valence-corrected chi connectivity index (χ1v) is 5.16. The van der Waals surface area contributed by atoms with Gasteiger partial charge in [-0.05, 0) is 12.1 Å². The summed E-state index contributed by atoms with van der Waals surface area (Å²) in [6.45, 7) is -1.26. The lowest BCUT2D eigenvalue weighted by molar-refractivity contribution is -0.0563. The van der Waals surface area contributed by atoms with Gasteiger partial charge in [0.25, 0.3) is 5.92 Å². The smallest absolute Gasteiger partial charge is 0.297 e. The third-order valence-corrected chi connectivity index (χ3v) is 2.72. The van der Waals surface area contributed by atoms with E-state index >= 15 is 0 Å². The number of halogens is 3. The van der Waals surface area contributed by atoms with Crippen LogP contribution in [0.3, 0.4) is 0 Å². The third kappa shape index (κ3) is 2.44. The highest BCUT2D eigenvalue weighted by Gasteiger charge is 2.34. The molecule has 0 unspecified atom stereocenters. The predicted octanol–water partition coefficient (Wildman–Crippen LogP) is 2.55. The van der Waals surface area contributed by atoms with Gasteiger partial charge in [-0.1, -0.05) is 15.9 Å². The van der Waals surface area contributed by atoms with E-state index in [9.17, 15) is 8.78 Å². The van der Waals surface area contributed by atoms with Crippen molar-refractivity contribution in [3.05, 3.63) is 22.2 Å². The zero-order valence-corrected chi connectivity index (χ0v) is 10.3. The van der Waals surface area contributed by atoms with Crippen LogP contribution in [0.2, 0.25) is 0 Å². The molecule has 0 fully saturated rings. The maximum absolute atomic E-state index is 13.3. The van der Waals surface area contributed by atoms with Gasteiger partial charge in [-0.2, -0.15) is 8.78 Å². The quantitative estimate of drug-likeness (QED) is 0.928. The SMILES string of the molecule is COc1cc(Br)c(C(F)(F)CO)cc1OC. The lowest BCUT2D eigenvalue weighted by atomic mass is 10.1. The van der Waals surface area contributed by atoms with Gasteiger partial charge in [-0.25, -0.2) is 0 Å². The first kappa shape index (κ1) is 13.2. The molecule has 90 valence electrons. The number of methoxy groups -OCH3 is 2. The van der Waals surface area contributed by atoms with Gasteiger partial charge in [-0.15, -0.1) is 0 Å². The maximum atomic E-state index is 13.3. The second-order valence-corrected chi connectivity index (χ2v) is 3.90. The molecule has 0 spiro atoms. The molecule has 0 aromatic heterocycles. The molecule has 6 heteroatoms. The predicted molar refractivity (Wildman–Crippen MR) is 58.2 cm³/mol. The Balaban J connectivity index is 3.32. The summed E-state index contributed by atoms with van der Waals surface area (Å²) in [6.07, 6.45) is 0. The number of alkyl halides is 2. The van der Waals surface area contributed by atoms with Crippen LogP contribution in [0.4, 0.5) is 8.78 Å². The maximum Gasteiger partial charge on any atom is 0.297 e. The molecule has 1 rings (SSSR count). The molecule has 3 nitrogen and oxygen atoms in total. The molecule has 0 aliphatic heterocycles. The number of aliphatic hydroxyl groups is 1. The molecular weight excluding hydrogens is 286 g/mol. The molecule has 0 atom stereocenters. The van der Waals surface area contributed by atoms with Crippen molar-refractivity contribution in [2.24, 2.45) is 0 Å². The van der Waals surface area contributed by atoms with E-state index < -0.39 is 12.5 Å². The van der Waals surface area contributed by atoms with Gasteiger partial charge in [0.15, 0.2) is 11.5 Å². The van der Waals surface area contributed by atoms with Crippen molar-refractivity contribution in [1.82, 2.24) is 0 Å². The van der Waals surface area contributed by atoms with Crippen LogP contribution in [0.15, 0.2) is 16.6 Å². The van der Waals surface area contributed by atoms with Gasteiger partial charge >= 0.3 is 0 Å². The lowest BCUT2D eigenvalue weighted by Gasteiger charge is -2.17. The standard InChI is InChI=1S/C10H11BrF2O3/c1-15-8-3-6(10(12,13)5-14)7(11)4-9(8)16-2/h3-4,14H,5H2,1-2H3. The van der Waals surface area contributed by atoms with Crippen LogP contribution in [0.5, 0.6) is 11.5 Å². The van der Waals surface area contributed by atoms with E-state index in [0.717, 1.165) is 6.07 Å². The molecule has 0 heterocycles. The Morgan fingerprint density at radius 2 is 1.75 bits per heavy atom. The number of rotatable bonds is 4. The zero-order valence-electron chi connectivity index (χ0n) is 8.76. The molecular formula is C10H11BrF2O3. The van der Waals surface area contributed by atoms with Crippen molar-refractivity contribution in [2.75, 3.05) is 20.8 Å². The Bertz CT molecular complexity index is 383. The van der Waals surface area contributed by atoms with E-state index in [1.165, 1.54) is 20.3 Å². The van der Waals surface area contributed by atoms with Crippen molar-refractivity contribution >= 4 is 15.9 Å². The molecule has 0 amide bonds. The van der Waals surface area contributed by atoms with E-state index in [-0.39, 0.29) is 15.8 Å². The average molecular weight is 297 g/mol. The molecule has 0 saturated carbocycles. The largest absolute Gasteiger partial charge is 0.493 e. The monoisotopic (exact) mass is 296 g/mol. The van der Waals surface area contributed by atoms with E-state index in [2.05, 4.69) is 15.9 Å². The summed E-state index contributed by atoms with van der Waals surface area (Å²) < 4.78 is 36.7. The molecule has 0 aliphatic rings. The minimum Gasteiger partial charge on any atom is -0.493 e. The molecule has 0 bridgehead atoms. The Labute approximate surface area is 100 Å². The number of hydrogen-bond donors (Lipinski definition) is 1. The molecule has 16 heavy (non-hydrogen) atoms. The van der Waals surface area contributed by atoms with E-state index in [0.29, 0.717) is 5.75 Å².